The van der Waals surface area contributed by atoms with Gasteiger partial charge in [-0.3, -0.25) is 4.79 Å². The molecule has 1 heterocycles. The molecule has 0 saturated carbocycles. The maximum Gasteiger partial charge on any atom is 0.148 e. The van der Waals surface area contributed by atoms with E-state index in [1.54, 1.807) is 0 Å². The summed E-state index contributed by atoms with van der Waals surface area (Å²) in [5, 5.41) is 0.473. The summed E-state index contributed by atoms with van der Waals surface area (Å²) in [6.07, 6.45) is 2.04. The molecule has 0 aliphatic carbocycles. The van der Waals surface area contributed by atoms with Gasteiger partial charge in [0.25, 0.3) is 0 Å². The highest BCUT2D eigenvalue weighted by molar-refractivity contribution is 9.09. The lowest BCUT2D eigenvalue weighted by Gasteiger charge is -2.19. The largest absolute Gasteiger partial charge is 0.381 e. The Labute approximate surface area is 69.1 Å². The third-order valence-electron chi connectivity index (χ3n) is 1.75. The van der Waals surface area contributed by atoms with Crippen molar-refractivity contribution in [2.24, 2.45) is 5.92 Å². The molecule has 0 unspecified atom stereocenters. The first-order valence-corrected chi connectivity index (χ1v) is 4.63. The van der Waals surface area contributed by atoms with E-state index >= 15 is 0 Å². The molecule has 1 aliphatic rings. The molecule has 0 radical (unpaired) electrons. The van der Waals surface area contributed by atoms with Crippen LogP contribution in [0.15, 0.2) is 0 Å². The van der Waals surface area contributed by atoms with Gasteiger partial charge in [-0.05, 0) is 12.8 Å². The molecule has 1 saturated heterocycles. The summed E-state index contributed by atoms with van der Waals surface area (Å²) in [6.45, 7) is 1.45. The van der Waals surface area contributed by atoms with Gasteiger partial charge in [0.1, 0.15) is 5.78 Å². The number of rotatable bonds is 2. The van der Waals surface area contributed by atoms with E-state index in [1.807, 2.05) is 0 Å². The molecule has 0 N–H and O–H groups in total. The maximum absolute atomic E-state index is 11.0. The number of ketones is 1. The minimum atomic E-state index is 0.160. The number of carbonyl (C=O) groups is 1. The Morgan fingerprint density at radius 2 is 2.50 bits per heavy atom. The molecule has 0 aromatic carbocycles. The van der Waals surface area contributed by atoms with Crippen LogP contribution in [0.1, 0.15) is 12.8 Å². The van der Waals surface area contributed by atoms with Crippen LogP contribution >= 0.6 is 15.9 Å². The smallest absolute Gasteiger partial charge is 0.148 e. The summed E-state index contributed by atoms with van der Waals surface area (Å²) in [7, 11) is 0. The van der Waals surface area contributed by atoms with E-state index in [0.29, 0.717) is 11.9 Å². The predicted octanol–water partition coefficient (Wildman–Crippen LogP) is 1.38. The van der Waals surface area contributed by atoms with Gasteiger partial charge in [0.05, 0.1) is 11.9 Å². The van der Waals surface area contributed by atoms with Gasteiger partial charge in [0.15, 0.2) is 0 Å². The molecular weight excluding hydrogens is 196 g/mol. The summed E-state index contributed by atoms with van der Waals surface area (Å²) in [5.41, 5.74) is 0. The normalized spacial score (nSPS) is 26.3. The summed E-state index contributed by atoms with van der Waals surface area (Å²) in [5.74, 6) is 0.438. The van der Waals surface area contributed by atoms with Gasteiger partial charge in [-0.15, -0.1) is 0 Å². The van der Waals surface area contributed by atoms with Crippen LogP contribution < -0.4 is 0 Å². The zero-order chi connectivity index (χ0) is 7.40. The average molecular weight is 207 g/mol. The minimum absolute atomic E-state index is 0.160. The van der Waals surface area contributed by atoms with Crippen LogP contribution in [0.4, 0.5) is 0 Å². The molecule has 0 amide bonds. The second kappa shape index (κ2) is 4.09. The zero-order valence-electron chi connectivity index (χ0n) is 5.81. The Morgan fingerprint density at radius 1 is 1.70 bits per heavy atom. The predicted molar refractivity (Wildman–Crippen MR) is 42.3 cm³/mol. The van der Waals surface area contributed by atoms with Gasteiger partial charge in [-0.25, -0.2) is 0 Å². The van der Waals surface area contributed by atoms with Crippen molar-refractivity contribution in [2.45, 2.75) is 12.8 Å². The lowest BCUT2D eigenvalue weighted by atomic mass is 9.99. The molecule has 0 bridgehead atoms. The third kappa shape index (κ3) is 2.06. The Morgan fingerprint density at radius 3 is 3.00 bits per heavy atom. The fourth-order valence-electron chi connectivity index (χ4n) is 1.10. The quantitative estimate of drug-likeness (QED) is 0.639. The van der Waals surface area contributed by atoms with Gasteiger partial charge in [-0.1, -0.05) is 15.9 Å². The summed E-state index contributed by atoms with van der Waals surface area (Å²) in [6, 6.07) is 0. The standard InChI is InChI=1S/C7H11BrO2/c8-4-7(9)6-2-1-3-10-5-6/h6H,1-5H2/t6-/m1/s1. The first-order chi connectivity index (χ1) is 4.84. The van der Waals surface area contributed by atoms with Crippen molar-refractivity contribution in [2.75, 3.05) is 18.5 Å². The van der Waals surface area contributed by atoms with Gasteiger partial charge in [-0.2, -0.15) is 0 Å². The number of hydrogen-bond acceptors (Lipinski definition) is 2. The summed E-state index contributed by atoms with van der Waals surface area (Å²) >= 11 is 3.15. The number of ether oxygens (including phenoxy) is 1. The van der Waals surface area contributed by atoms with Crippen molar-refractivity contribution in [3.05, 3.63) is 0 Å². The first-order valence-electron chi connectivity index (χ1n) is 3.51. The molecule has 0 aromatic rings. The highest BCUT2D eigenvalue weighted by Gasteiger charge is 2.19. The van der Waals surface area contributed by atoms with Crippen molar-refractivity contribution >= 4 is 21.7 Å². The zero-order valence-corrected chi connectivity index (χ0v) is 7.39. The van der Waals surface area contributed by atoms with Crippen molar-refractivity contribution in [1.29, 1.82) is 0 Å². The van der Waals surface area contributed by atoms with E-state index in [4.69, 9.17) is 4.74 Å². The van der Waals surface area contributed by atoms with Gasteiger partial charge < -0.3 is 4.74 Å². The van der Waals surface area contributed by atoms with Crippen molar-refractivity contribution in [1.82, 2.24) is 0 Å². The first kappa shape index (κ1) is 8.21. The summed E-state index contributed by atoms with van der Waals surface area (Å²) < 4.78 is 5.16. The van der Waals surface area contributed by atoms with E-state index in [0.717, 1.165) is 19.4 Å². The average Bonchev–Trinajstić information content (AvgIpc) is 2.05. The summed E-state index contributed by atoms with van der Waals surface area (Å²) in [4.78, 5) is 11.0. The Kier molecular flexibility index (Phi) is 3.35. The number of hydrogen-bond donors (Lipinski definition) is 0. The van der Waals surface area contributed by atoms with Crippen LogP contribution in [-0.4, -0.2) is 24.3 Å². The Bertz CT molecular complexity index is 119. The number of halogens is 1. The van der Waals surface area contributed by atoms with E-state index in [2.05, 4.69) is 15.9 Å². The fraction of sp³-hybridized carbons (Fsp3) is 0.857. The lowest BCUT2D eigenvalue weighted by Crippen LogP contribution is -2.25. The third-order valence-corrected chi connectivity index (χ3v) is 2.30. The van der Waals surface area contributed by atoms with E-state index in [1.165, 1.54) is 0 Å². The van der Waals surface area contributed by atoms with Crippen LogP contribution in [0, 0.1) is 5.92 Å². The van der Waals surface area contributed by atoms with Crippen LogP contribution in [0.25, 0.3) is 0 Å². The molecule has 0 aromatic heterocycles. The SMILES string of the molecule is O=C(CBr)[C@@H]1CCCOC1. The van der Waals surface area contributed by atoms with Crippen LogP contribution in [0.3, 0.4) is 0 Å². The lowest BCUT2D eigenvalue weighted by molar-refractivity contribution is -0.124. The molecule has 1 fully saturated rings. The molecule has 2 nitrogen and oxygen atoms in total. The fourth-order valence-corrected chi connectivity index (χ4v) is 1.56. The number of carbonyl (C=O) groups excluding carboxylic acids is 1. The Hall–Kier alpha value is 0.110. The van der Waals surface area contributed by atoms with Crippen molar-refractivity contribution in [3.63, 3.8) is 0 Å². The van der Waals surface area contributed by atoms with Gasteiger partial charge in [0.2, 0.25) is 0 Å². The van der Waals surface area contributed by atoms with Gasteiger partial charge >= 0.3 is 0 Å². The van der Waals surface area contributed by atoms with E-state index in [9.17, 15) is 4.79 Å². The minimum Gasteiger partial charge on any atom is -0.381 e. The molecule has 58 valence electrons. The van der Waals surface area contributed by atoms with E-state index < -0.39 is 0 Å². The molecule has 3 heteroatoms. The second-order valence-corrected chi connectivity index (χ2v) is 3.07. The molecule has 1 rings (SSSR count). The molecule has 10 heavy (non-hydrogen) atoms. The maximum atomic E-state index is 11.0. The monoisotopic (exact) mass is 206 g/mol. The molecule has 1 atom stereocenters. The number of alkyl halides is 1. The van der Waals surface area contributed by atoms with E-state index in [-0.39, 0.29) is 11.7 Å². The Balaban J connectivity index is 2.31. The van der Waals surface area contributed by atoms with Crippen LogP contribution in [0.2, 0.25) is 0 Å². The molecular formula is C7H11BrO2. The van der Waals surface area contributed by atoms with Crippen LogP contribution in [0.5, 0.6) is 0 Å². The van der Waals surface area contributed by atoms with Gasteiger partial charge in [0, 0.05) is 12.5 Å². The highest BCUT2D eigenvalue weighted by Crippen LogP contribution is 2.14. The van der Waals surface area contributed by atoms with Crippen LogP contribution in [-0.2, 0) is 9.53 Å². The van der Waals surface area contributed by atoms with Crippen molar-refractivity contribution < 1.29 is 9.53 Å². The molecule has 0 spiro atoms. The molecule has 1 aliphatic heterocycles. The second-order valence-electron chi connectivity index (χ2n) is 2.51. The topological polar surface area (TPSA) is 26.3 Å². The highest BCUT2D eigenvalue weighted by atomic mass is 79.9. The van der Waals surface area contributed by atoms with Crippen molar-refractivity contribution in [3.8, 4) is 0 Å². The number of Topliss-reactive ketones (excluding diaryl/α,β-unsaturated/α-hetero) is 1.